The number of rotatable bonds is 3. The zero-order valence-electron chi connectivity index (χ0n) is 15.3. The van der Waals surface area contributed by atoms with Gasteiger partial charge in [0.05, 0.1) is 22.4 Å². The van der Waals surface area contributed by atoms with Crippen molar-refractivity contribution in [2.24, 2.45) is 0 Å². The number of hydrogen-bond donors (Lipinski definition) is 0. The van der Waals surface area contributed by atoms with E-state index in [0.29, 0.717) is 0 Å². The Labute approximate surface area is 164 Å². The molecular weight excluding hydrogens is 340 g/mol. The molecule has 0 N–H and O–H groups in total. The summed E-state index contributed by atoms with van der Waals surface area (Å²) in [6.45, 7) is 0. The van der Waals surface area contributed by atoms with Crippen LogP contribution in [0.1, 0.15) is 0 Å². The Morgan fingerprint density at radius 1 is 0.357 bits per heavy atom. The van der Waals surface area contributed by atoms with Gasteiger partial charge in [-0.05, 0) is 23.3 Å². The molecule has 0 spiro atoms. The Morgan fingerprint density at radius 2 is 0.821 bits per heavy atom. The fourth-order valence-corrected chi connectivity index (χ4v) is 3.46. The largest absolute Gasteiger partial charge is 0.244 e. The third kappa shape index (κ3) is 3.06. The Balaban J connectivity index is 1.75. The SMILES string of the molecule is c1ccc(-c2ccc3nc(-c4ccccc4)c(-c4ccccc4)nc3c2)cc1. The molecule has 2 heteroatoms. The molecule has 5 rings (SSSR count). The summed E-state index contributed by atoms with van der Waals surface area (Å²) in [7, 11) is 0. The smallest absolute Gasteiger partial charge is 0.0973 e. The van der Waals surface area contributed by atoms with Crippen LogP contribution >= 0.6 is 0 Å². The molecule has 1 heterocycles. The maximum absolute atomic E-state index is 5.05. The monoisotopic (exact) mass is 358 g/mol. The molecule has 0 atom stereocenters. The van der Waals surface area contributed by atoms with Crippen LogP contribution in [0.15, 0.2) is 109 Å². The summed E-state index contributed by atoms with van der Waals surface area (Å²) in [6.07, 6.45) is 0. The summed E-state index contributed by atoms with van der Waals surface area (Å²) in [5.74, 6) is 0. The lowest BCUT2D eigenvalue weighted by atomic mass is 10.0. The predicted octanol–water partition coefficient (Wildman–Crippen LogP) is 6.63. The average Bonchev–Trinajstić information content (AvgIpc) is 2.79. The molecule has 132 valence electrons. The highest BCUT2D eigenvalue weighted by Crippen LogP contribution is 2.32. The van der Waals surface area contributed by atoms with E-state index in [2.05, 4.69) is 66.7 Å². The van der Waals surface area contributed by atoms with Crippen molar-refractivity contribution in [3.8, 4) is 33.6 Å². The van der Waals surface area contributed by atoms with Crippen molar-refractivity contribution >= 4 is 11.0 Å². The minimum Gasteiger partial charge on any atom is -0.244 e. The third-order valence-electron chi connectivity index (χ3n) is 4.87. The fraction of sp³-hybridized carbons (Fsp3) is 0. The number of nitrogens with zero attached hydrogens (tertiary/aromatic N) is 2. The summed E-state index contributed by atoms with van der Waals surface area (Å²) in [4.78, 5) is 10.0. The van der Waals surface area contributed by atoms with Crippen LogP contribution in [0.5, 0.6) is 0 Å². The van der Waals surface area contributed by atoms with Crippen LogP contribution in [0.25, 0.3) is 44.7 Å². The summed E-state index contributed by atoms with van der Waals surface area (Å²) in [5.41, 5.74) is 8.09. The fourth-order valence-electron chi connectivity index (χ4n) is 3.46. The van der Waals surface area contributed by atoms with Crippen LogP contribution in [0.2, 0.25) is 0 Å². The molecule has 0 radical (unpaired) electrons. The highest BCUT2D eigenvalue weighted by Gasteiger charge is 2.13. The summed E-state index contributed by atoms with van der Waals surface area (Å²) >= 11 is 0. The maximum atomic E-state index is 5.05. The van der Waals surface area contributed by atoms with Gasteiger partial charge in [-0.15, -0.1) is 0 Å². The molecule has 0 aliphatic rings. The van der Waals surface area contributed by atoms with Gasteiger partial charge in [-0.2, -0.15) is 0 Å². The van der Waals surface area contributed by atoms with Crippen molar-refractivity contribution in [2.45, 2.75) is 0 Å². The number of benzene rings is 4. The van der Waals surface area contributed by atoms with Crippen LogP contribution in [-0.4, -0.2) is 9.97 Å². The minimum absolute atomic E-state index is 0.901. The molecule has 2 nitrogen and oxygen atoms in total. The lowest BCUT2D eigenvalue weighted by Gasteiger charge is -2.11. The van der Waals surface area contributed by atoms with E-state index in [1.54, 1.807) is 0 Å². The van der Waals surface area contributed by atoms with Crippen molar-refractivity contribution in [3.05, 3.63) is 109 Å². The van der Waals surface area contributed by atoms with Gasteiger partial charge in [0.1, 0.15) is 0 Å². The summed E-state index contributed by atoms with van der Waals surface area (Å²) in [5, 5.41) is 0. The second-order valence-corrected chi connectivity index (χ2v) is 6.72. The topological polar surface area (TPSA) is 25.8 Å². The van der Waals surface area contributed by atoms with E-state index in [1.165, 1.54) is 5.56 Å². The lowest BCUT2D eigenvalue weighted by Crippen LogP contribution is -1.95. The second-order valence-electron chi connectivity index (χ2n) is 6.72. The van der Waals surface area contributed by atoms with Crippen LogP contribution in [0.3, 0.4) is 0 Å². The molecule has 0 bridgehead atoms. The van der Waals surface area contributed by atoms with Gasteiger partial charge in [0.2, 0.25) is 0 Å². The van der Waals surface area contributed by atoms with E-state index in [0.717, 1.165) is 39.1 Å². The molecule has 1 aromatic heterocycles. The molecule has 0 aliphatic heterocycles. The van der Waals surface area contributed by atoms with E-state index in [1.807, 2.05) is 42.5 Å². The standard InChI is InChI=1S/C26H18N2/c1-4-10-19(11-5-1)22-16-17-23-24(18-22)28-26(21-14-8-3-9-15-21)25(27-23)20-12-6-2-7-13-20/h1-18H. The zero-order valence-corrected chi connectivity index (χ0v) is 15.3. The highest BCUT2D eigenvalue weighted by atomic mass is 14.8. The summed E-state index contributed by atoms with van der Waals surface area (Å²) in [6, 6.07) is 37.2. The van der Waals surface area contributed by atoms with Gasteiger partial charge in [0, 0.05) is 11.1 Å². The normalized spacial score (nSPS) is 10.9. The van der Waals surface area contributed by atoms with Crippen LogP contribution in [-0.2, 0) is 0 Å². The van der Waals surface area contributed by atoms with Crippen molar-refractivity contribution in [1.29, 1.82) is 0 Å². The van der Waals surface area contributed by atoms with Gasteiger partial charge in [0.15, 0.2) is 0 Å². The highest BCUT2D eigenvalue weighted by molar-refractivity contribution is 5.88. The Hall–Kier alpha value is -3.78. The molecule has 28 heavy (non-hydrogen) atoms. The molecule has 5 aromatic rings. The molecule has 0 aliphatic carbocycles. The van der Waals surface area contributed by atoms with Gasteiger partial charge >= 0.3 is 0 Å². The van der Waals surface area contributed by atoms with Crippen molar-refractivity contribution in [3.63, 3.8) is 0 Å². The average molecular weight is 358 g/mol. The van der Waals surface area contributed by atoms with Crippen LogP contribution in [0, 0.1) is 0 Å². The molecule has 0 unspecified atom stereocenters. The first kappa shape index (κ1) is 16.4. The van der Waals surface area contributed by atoms with E-state index < -0.39 is 0 Å². The van der Waals surface area contributed by atoms with Crippen molar-refractivity contribution in [2.75, 3.05) is 0 Å². The van der Waals surface area contributed by atoms with Crippen LogP contribution < -0.4 is 0 Å². The maximum Gasteiger partial charge on any atom is 0.0973 e. The molecule has 0 amide bonds. The van der Waals surface area contributed by atoms with E-state index >= 15 is 0 Å². The van der Waals surface area contributed by atoms with Gasteiger partial charge in [0.25, 0.3) is 0 Å². The Morgan fingerprint density at radius 3 is 1.36 bits per heavy atom. The molecule has 0 fully saturated rings. The van der Waals surface area contributed by atoms with E-state index in [-0.39, 0.29) is 0 Å². The van der Waals surface area contributed by atoms with Crippen LogP contribution in [0.4, 0.5) is 0 Å². The third-order valence-corrected chi connectivity index (χ3v) is 4.87. The Kier molecular flexibility index (Phi) is 4.15. The number of aromatic nitrogens is 2. The number of fused-ring (bicyclic) bond motifs is 1. The molecular formula is C26H18N2. The molecule has 0 saturated heterocycles. The van der Waals surface area contributed by atoms with Gasteiger partial charge in [-0.1, -0.05) is 97.1 Å². The van der Waals surface area contributed by atoms with E-state index in [4.69, 9.17) is 9.97 Å². The first-order chi connectivity index (χ1) is 13.9. The molecule has 4 aromatic carbocycles. The second kappa shape index (κ2) is 7.09. The van der Waals surface area contributed by atoms with Gasteiger partial charge in [-0.25, -0.2) is 9.97 Å². The summed E-state index contributed by atoms with van der Waals surface area (Å²) < 4.78 is 0. The number of hydrogen-bond acceptors (Lipinski definition) is 2. The van der Waals surface area contributed by atoms with E-state index in [9.17, 15) is 0 Å². The first-order valence-electron chi connectivity index (χ1n) is 9.36. The zero-order chi connectivity index (χ0) is 18.8. The quantitative estimate of drug-likeness (QED) is 0.362. The van der Waals surface area contributed by atoms with Crippen molar-refractivity contribution in [1.82, 2.24) is 9.97 Å². The Bertz CT molecular complexity index is 1230. The minimum atomic E-state index is 0.901. The lowest BCUT2D eigenvalue weighted by molar-refractivity contribution is 1.29. The predicted molar refractivity (Wildman–Crippen MR) is 116 cm³/mol. The van der Waals surface area contributed by atoms with Gasteiger partial charge < -0.3 is 0 Å². The molecule has 0 saturated carbocycles. The first-order valence-corrected chi connectivity index (χ1v) is 9.36. The van der Waals surface area contributed by atoms with Crippen molar-refractivity contribution < 1.29 is 0 Å². The van der Waals surface area contributed by atoms with Gasteiger partial charge in [-0.3, -0.25) is 0 Å².